The summed E-state index contributed by atoms with van der Waals surface area (Å²) in [6.45, 7) is -6.42. The third-order valence-electron chi connectivity index (χ3n) is 2.88. The molecule has 0 aliphatic rings. The third-order valence-corrected chi connectivity index (χ3v) is 2.88. The van der Waals surface area contributed by atoms with Gasteiger partial charge in [0, 0.05) is 31.5 Å². The van der Waals surface area contributed by atoms with Gasteiger partial charge in [0.25, 0.3) is 5.56 Å². The lowest BCUT2D eigenvalue weighted by atomic mass is 10.2. The van der Waals surface area contributed by atoms with E-state index in [9.17, 15) is 14.7 Å². The van der Waals surface area contributed by atoms with E-state index in [2.05, 4.69) is 4.98 Å². The monoisotopic (exact) mass is 289 g/mol. The highest BCUT2D eigenvalue weighted by molar-refractivity contribution is 5.69. The van der Waals surface area contributed by atoms with Crippen molar-refractivity contribution >= 4 is 11.2 Å². The predicted octanol–water partition coefficient (Wildman–Crippen LogP) is -0.0152. The Morgan fingerprint density at radius 3 is 3.05 bits per heavy atom. The molecule has 2 rings (SSSR count). The first-order chi connectivity index (χ1) is 12.9. The predicted molar refractivity (Wildman–Crippen MR) is 75.7 cm³/mol. The fourth-order valence-corrected chi connectivity index (χ4v) is 1.91. The van der Waals surface area contributed by atoms with Gasteiger partial charge in [0.2, 0.25) is 0 Å². The average molecular weight is 289 g/mol. The van der Waals surface area contributed by atoms with Crippen LogP contribution in [0.15, 0.2) is 15.9 Å². The van der Waals surface area contributed by atoms with Crippen LogP contribution in [0.5, 0.6) is 0 Å². The van der Waals surface area contributed by atoms with Crippen molar-refractivity contribution in [2.45, 2.75) is 38.7 Å². The summed E-state index contributed by atoms with van der Waals surface area (Å²) >= 11 is 0. The molecule has 0 fully saturated rings. The van der Waals surface area contributed by atoms with E-state index in [-0.39, 0.29) is 24.1 Å². The van der Waals surface area contributed by atoms with Crippen molar-refractivity contribution in [3.05, 3.63) is 27.2 Å². The maximum Gasteiger partial charge on any atom is 0.332 e. The molecule has 2 heterocycles. The first-order valence-corrected chi connectivity index (χ1v) is 5.83. The van der Waals surface area contributed by atoms with Crippen molar-refractivity contribution in [1.29, 1.82) is 0 Å². The number of aromatic nitrogens is 4. The molecule has 7 nitrogen and oxygen atoms in total. The highest BCUT2D eigenvalue weighted by atomic mass is 16.3. The minimum Gasteiger partial charge on any atom is -0.393 e. The third kappa shape index (κ3) is 2.53. The number of fused-ring (bicyclic) bond motifs is 1. The Morgan fingerprint density at radius 2 is 2.35 bits per heavy atom. The summed E-state index contributed by atoms with van der Waals surface area (Å²) in [5, 5.41) is 9.79. The van der Waals surface area contributed by atoms with Crippen LogP contribution < -0.4 is 11.2 Å². The molecule has 0 radical (unpaired) electrons. The lowest BCUT2D eigenvalue weighted by Crippen LogP contribution is -2.39. The van der Waals surface area contributed by atoms with Gasteiger partial charge in [-0.25, -0.2) is 9.78 Å². The lowest BCUT2D eigenvalue weighted by molar-refractivity contribution is 0.180. The highest BCUT2D eigenvalue weighted by Gasteiger charge is 2.14. The summed E-state index contributed by atoms with van der Waals surface area (Å²) in [4.78, 5) is 28.9. The molecule has 20 heavy (non-hydrogen) atoms. The van der Waals surface area contributed by atoms with Crippen LogP contribution in [-0.4, -0.2) is 29.9 Å². The molecule has 0 aliphatic heterocycles. The number of aryl methyl sites for hydroxylation is 2. The summed E-state index contributed by atoms with van der Waals surface area (Å²) in [7, 11) is 1.29. The maximum atomic E-state index is 12.7. The molecule has 2 aromatic rings. The molecule has 0 saturated carbocycles. The molecule has 0 spiro atoms. The Balaban J connectivity index is 2.41. The number of rotatable bonds is 5. The molecule has 1 N–H and O–H groups in total. The molecule has 110 valence electrons. The summed E-state index contributed by atoms with van der Waals surface area (Å²) in [5.74, 6) is 0. The van der Waals surface area contributed by atoms with Crippen LogP contribution in [0.2, 0.25) is 0 Å². The second-order valence-corrected chi connectivity index (χ2v) is 4.21. The zero-order valence-corrected chi connectivity index (χ0v) is 10.8. The normalized spacial score (nSPS) is 23.2. The van der Waals surface area contributed by atoms with Gasteiger partial charge >= 0.3 is 5.69 Å². The molecule has 0 aliphatic carbocycles. The minimum absolute atomic E-state index is 0.134. The Morgan fingerprint density at radius 1 is 1.55 bits per heavy atom. The zero-order valence-electron chi connectivity index (χ0n) is 19.8. The van der Waals surface area contributed by atoms with Crippen LogP contribution in [0.25, 0.3) is 11.2 Å². The van der Waals surface area contributed by atoms with E-state index in [0.717, 1.165) is 10.9 Å². The maximum absolute atomic E-state index is 12.7. The summed E-state index contributed by atoms with van der Waals surface area (Å²) < 4.78 is 69.1. The van der Waals surface area contributed by atoms with E-state index in [4.69, 9.17) is 12.3 Å². The highest BCUT2D eigenvalue weighted by Crippen LogP contribution is 2.04. The van der Waals surface area contributed by atoms with Crippen molar-refractivity contribution in [3.63, 3.8) is 0 Å². The van der Waals surface area contributed by atoms with E-state index in [1.54, 1.807) is 0 Å². The minimum atomic E-state index is -3.39. The van der Waals surface area contributed by atoms with E-state index in [0.29, 0.717) is 9.13 Å². The van der Waals surface area contributed by atoms with Gasteiger partial charge in [-0.1, -0.05) is 0 Å². The van der Waals surface area contributed by atoms with Crippen molar-refractivity contribution in [2.24, 2.45) is 14.0 Å². The van der Waals surface area contributed by atoms with Crippen LogP contribution in [0.1, 0.15) is 38.4 Å². The van der Waals surface area contributed by atoms with Gasteiger partial charge in [0.05, 0.1) is 13.8 Å². The van der Waals surface area contributed by atoms with Crippen LogP contribution >= 0.6 is 0 Å². The molecule has 0 bridgehead atoms. The van der Waals surface area contributed by atoms with Gasteiger partial charge in [0.15, 0.2) is 11.2 Å². The topological polar surface area (TPSA) is 82.1 Å². The molecular formula is C13H20N4O3. The molecule has 1 atom stereocenters. The average Bonchev–Trinajstić information content (AvgIpc) is 3.00. The van der Waals surface area contributed by atoms with Crippen LogP contribution in [0, 0.1) is 0 Å². The van der Waals surface area contributed by atoms with E-state index < -0.39 is 44.0 Å². The first-order valence-electron chi connectivity index (χ1n) is 10.3. The van der Waals surface area contributed by atoms with Gasteiger partial charge in [-0.15, -0.1) is 0 Å². The van der Waals surface area contributed by atoms with Crippen LogP contribution in [0.4, 0.5) is 0 Å². The second-order valence-electron chi connectivity index (χ2n) is 4.21. The Kier molecular flexibility index (Phi) is 1.89. The molecule has 0 saturated heterocycles. The van der Waals surface area contributed by atoms with E-state index in [1.807, 2.05) is 0 Å². The van der Waals surface area contributed by atoms with E-state index in [1.165, 1.54) is 7.05 Å². The molecule has 0 amide bonds. The molecule has 2 aromatic heterocycles. The second kappa shape index (κ2) is 5.62. The van der Waals surface area contributed by atoms with Crippen molar-refractivity contribution < 1.29 is 17.4 Å². The first kappa shape index (κ1) is 6.71. The van der Waals surface area contributed by atoms with Gasteiger partial charge in [0.1, 0.15) is 0 Å². The van der Waals surface area contributed by atoms with Gasteiger partial charge in [-0.2, -0.15) is 0 Å². The lowest BCUT2D eigenvalue weighted by Gasteiger charge is -2.09. The largest absolute Gasteiger partial charge is 0.393 e. The van der Waals surface area contributed by atoms with Crippen molar-refractivity contribution in [2.75, 3.05) is 0 Å². The fraction of sp³-hybridized carbons (Fsp3) is 0.615. The number of hydrogen-bond acceptors (Lipinski definition) is 4. The number of aliphatic hydroxyl groups is 1. The van der Waals surface area contributed by atoms with Crippen molar-refractivity contribution in [1.82, 2.24) is 18.7 Å². The smallest absolute Gasteiger partial charge is 0.332 e. The molecule has 7 heteroatoms. The summed E-state index contributed by atoms with van der Waals surface area (Å²) in [5.41, 5.74) is -2.25. The Labute approximate surface area is 128 Å². The fourth-order valence-electron chi connectivity index (χ4n) is 1.91. The summed E-state index contributed by atoms with van der Waals surface area (Å²) in [6.07, 6.45) is -6.25. The van der Waals surface area contributed by atoms with Gasteiger partial charge < -0.3 is 9.67 Å². The molecule has 0 aromatic carbocycles. The van der Waals surface area contributed by atoms with Gasteiger partial charge in [-0.3, -0.25) is 13.9 Å². The van der Waals surface area contributed by atoms with Crippen LogP contribution in [-0.2, 0) is 20.6 Å². The standard InChI is InChI=1S/C13H20N4O3/c1-9(18)6-4-5-7-17-12(19)10-11(14-8-15(10)2)16(3)13(17)20/h8-9,18H,4-7H2,1-3H3/t9-/m0/s1/i1D3,2D3,6D2,9D. The number of hydrogen-bond donors (Lipinski definition) is 1. The zero-order chi connectivity index (χ0) is 22.6. The quantitative estimate of drug-likeness (QED) is 0.839. The van der Waals surface area contributed by atoms with Crippen molar-refractivity contribution in [3.8, 4) is 0 Å². The van der Waals surface area contributed by atoms with Gasteiger partial charge in [-0.05, 0) is 26.1 Å². The Hall–Kier alpha value is -1.89. The van der Waals surface area contributed by atoms with E-state index >= 15 is 0 Å². The van der Waals surface area contributed by atoms with Crippen LogP contribution in [0.3, 0.4) is 0 Å². The number of imidazole rings is 1. The summed E-state index contributed by atoms with van der Waals surface area (Å²) in [6, 6.07) is 0. The molecular weight excluding hydrogens is 260 g/mol. The number of nitrogens with zero attached hydrogens (tertiary/aromatic N) is 4. The SMILES string of the molecule is [2H]C([2H])([2H])n1cnc2c1c(=O)n(CCCC([2H])([2H])[C@@]([2H])(O)C([2H])([2H])[2H])c(=O)n2C. The molecule has 0 unspecified atom stereocenters. The Bertz CT molecular complexity index is 1030.